The van der Waals surface area contributed by atoms with E-state index in [-0.39, 0.29) is 6.04 Å². The Hall–Kier alpha value is -1.19. The Kier molecular flexibility index (Phi) is 3.36. The molecule has 2 nitrogen and oxygen atoms in total. The molecule has 0 spiro atoms. The van der Waals surface area contributed by atoms with Crippen LogP contribution in [0.25, 0.3) is 0 Å². The zero-order valence-corrected chi connectivity index (χ0v) is 10.4. The molecule has 1 unspecified atom stereocenters. The minimum atomic E-state index is 0.0635. The van der Waals surface area contributed by atoms with Crippen LogP contribution in [0.2, 0.25) is 0 Å². The summed E-state index contributed by atoms with van der Waals surface area (Å²) in [6.45, 7) is 4.19. The number of nitrogens with zero attached hydrogens (tertiary/aromatic N) is 1. The zero-order valence-electron chi connectivity index (χ0n) is 9.60. The predicted octanol–water partition coefficient (Wildman–Crippen LogP) is 3.00. The Balaban J connectivity index is 2.17. The van der Waals surface area contributed by atoms with Crippen molar-refractivity contribution < 1.29 is 0 Å². The highest BCUT2D eigenvalue weighted by atomic mass is 32.1. The summed E-state index contributed by atoms with van der Waals surface area (Å²) < 4.78 is 0. The summed E-state index contributed by atoms with van der Waals surface area (Å²) in [5.74, 6) is 0. The van der Waals surface area contributed by atoms with Gasteiger partial charge in [-0.1, -0.05) is 6.07 Å². The van der Waals surface area contributed by atoms with Crippen LogP contribution < -0.4 is 5.73 Å². The van der Waals surface area contributed by atoms with Gasteiger partial charge in [-0.25, -0.2) is 0 Å². The molecule has 0 saturated carbocycles. The molecule has 84 valence electrons. The largest absolute Gasteiger partial charge is 0.323 e. The maximum Gasteiger partial charge on any atom is 0.0451 e. The average Bonchev–Trinajstić information content (AvgIpc) is 2.68. The second-order valence-corrected chi connectivity index (χ2v) is 4.99. The molecule has 16 heavy (non-hydrogen) atoms. The van der Waals surface area contributed by atoms with E-state index in [0.717, 1.165) is 12.1 Å². The molecule has 0 saturated heterocycles. The number of rotatable bonds is 3. The lowest BCUT2D eigenvalue weighted by molar-refractivity contribution is 0.712. The number of hydrogen-bond acceptors (Lipinski definition) is 3. The van der Waals surface area contributed by atoms with Crippen LogP contribution in [0.15, 0.2) is 29.8 Å². The van der Waals surface area contributed by atoms with Crippen molar-refractivity contribution in [3.63, 3.8) is 0 Å². The molecule has 0 aliphatic rings. The normalized spacial score (nSPS) is 12.7. The molecule has 0 aliphatic carbocycles. The van der Waals surface area contributed by atoms with Crippen LogP contribution in [0.3, 0.4) is 0 Å². The number of aryl methyl sites for hydroxylation is 2. The summed E-state index contributed by atoms with van der Waals surface area (Å²) in [6, 6.07) is 6.22. The molecule has 2 N–H and O–H groups in total. The molecule has 0 radical (unpaired) electrons. The van der Waals surface area contributed by atoms with E-state index in [1.807, 2.05) is 12.3 Å². The highest BCUT2D eigenvalue weighted by Gasteiger charge is 2.12. The molecular formula is C13H16N2S. The van der Waals surface area contributed by atoms with Crippen molar-refractivity contribution in [2.75, 3.05) is 0 Å². The minimum absolute atomic E-state index is 0.0635. The number of hydrogen-bond donors (Lipinski definition) is 1. The fourth-order valence-electron chi connectivity index (χ4n) is 1.80. The second-order valence-electron chi connectivity index (χ2n) is 4.05. The highest BCUT2D eigenvalue weighted by molar-refractivity contribution is 7.10. The molecule has 0 aromatic carbocycles. The SMILES string of the molecule is Cc1cccnc1CC(N)c1sccc1C. The number of aromatic nitrogens is 1. The lowest BCUT2D eigenvalue weighted by Crippen LogP contribution is -2.14. The third-order valence-corrected chi connectivity index (χ3v) is 3.92. The van der Waals surface area contributed by atoms with Gasteiger partial charge < -0.3 is 5.73 Å². The Morgan fingerprint density at radius 2 is 2.12 bits per heavy atom. The molecule has 0 aliphatic heterocycles. The van der Waals surface area contributed by atoms with Gasteiger partial charge in [-0.05, 0) is 42.5 Å². The summed E-state index contributed by atoms with van der Waals surface area (Å²) in [7, 11) is 0. The Morgan fingerprint density at radius 1 is 1.31 bits per heavy atom. The predicted molar refractivity (Wildman–Crippen MR) is 68.7 cm³/mol. The molecule has 2 rings (SSSR count). The van der Waals surface area contributed by atoms with Gasteiger partial charge in [0, 0.05) is 29.2 Å². The van der Waals surface area contributed by atoms with Crippen LogP contribution in [0.4, 0.5) is 0 Å². The van der Waals surface area contributed by atoms with Crippen molar-refractivity contribution in [3.8, 4) is 0 Å². The number of nitrogens with two attached hydrogens (primary N) is 1. The fraction of sp³-hybridized carbons (Fsp3) is 0.308. The molecule has 2 aromatic heterocycles. The first-order valence-corrected chi connectivity index (χ1v) is 6.26. The Morgan fingerprint density at radius 3 is 2.75 bits per heavy atom. The van der Waals surface area contributed by atoms with Crippen LogP contribution >= 0.6 is 11.3 Å². The van der Waals surface area contributed by atoms with Crippen molar-refractivity contribution in [2.45, 2.75) is 26.3 Å². The Labute approximate surface area is 100 Å². The topological polar surface area (TPSA) is 38.9 Å². The van der Waals surface area contributed by atoms with Gasteiger partial charge in [0.1, 0.15) is 0 Å². The lowest BCUT2D eigenvalue weighted by Gasteiger charge is -2.12. The molecule has 0 amide bonds. The maximum absolute atomic E-state index is 6.21. The maximum atomic E-state index is 6.21. The van der Waals surface area contributed by atoms with Crippen molar-refractivity contribution in [1.82, 2.24) is 4.98 Å². The van der Waals surface area contributed by atoms with E-state index in [2.05, 4.69) is 36.3 Å². The highest BCUT2D eigenvalue weighted by Crippen LogP contribution is 2.25. The molecule has 3 heteroatoms. The summed E-state index contributed by atoms with van der Waals surface area (Å²) >= 11 is 1.73. The third-order valence-electron chi connectivity index (χ3n) is 2.77. The van der Waals surface area contributed by atoms with Crippen LogP contribution in [0.1, 0.15) is 27.7 Å². The van der Waals surface area contributed by atoms with Crippen LogP contribution in [-0.4, -0.2) is 4.98 Å². The Bertz CT molecular complexity index is 476. The minimum Gasteiger partial charge on any atom is -0.323 e. The van der Waals surface area contributed by atoms with Gasteiger partial charge in [-0.15, -0.1) is 11.3 Å². The molecule has 2 heterocycles. The van der Waals surface area contributed by atoms with E-state index < -0.39 is 0 Å². The fourth-order valence-corrected chi connectivity index (χ4v) is 2.73. The first kappa shape index (κ1) is 11.3. The van der Waals surface area contributed by atoms with Crippen molar-refractivity contribution in [3.05, 3.63) is 51.5 Å². The van der Waals surface area contributed by atoms with Crippen LogP contribution in [0.5, 0.6) is 0 Å². The van der Waals surface area contributed by atoms with Gasteiger partial charge in [0.15, 0.2) is 0 Å². The zero-order chi connectivity index (χ0) is 11.5. The van der Waals surface area contributed by atoms with Gasteiger partial charge in [0.2, 0.25) is 0 Å². The van der Waals surface area contributed by atoms with E-state index >= 15 is 0 Å². The first-order valence-electron chi connectivity index (χ1n) is 5.38. The molecule has 2 aromatic rings. The number of thiophene rings is 1. The molecule has 0 bridgehead atoms. The van der Waals surface area contributed by atoms with Crippen LogP contribution in [0, 0.1) is 13.8 Å². The van der Waals surface area contributed by atoms with Crippen molar-refractivity contribution >= 4 is 11.3 Å². The summed E-state index contributed by atoms with van der Waals surface area (Å²) in [5, 5.41) is 2.09. The van der Waals surface area contributed by atoms with Gasteiger partial charge in [0.05, 0.1) is 0 Å². The van der Waals surface area contributed by atoms with Gasteiger partial charge in [-0.3, -0.25) is 4.98 Å². The monoisotopic (exact) mass is 232 g/mol. The lowest BCUT2D eigenvalue weighted by atomic mass is 10.0. The number of pyridine rings is 1. The van der Waals surface area contributed by atoms with Gasteiger partial charge in [0.25, 0.3) is 0 Å². The first-order chi connectivity index (χ1) is 7.68. The van der Waals surface area contributed by atoms with Gasteiger partial charge >= 0.3 is 0 Å². The molecule has 0 fully saturated rings. The van der Waals surface area contributed by atoms with Gasteiger partial charge in [-0.2, -0.15) is 0 Å². The summed E-state index contributed by atoms with van der Waals surface area (Å²) in [4.78, 5) is 5.65. The van der Waals surface area contributed by atoms with E-state index in [0.29, 0.717) is 0 Å². The average molecular weight is 232 g/mol. The molecule has 1 atom stereocenters. The van der Waals surface area contributed by atoms with E-state index in [1.165, 1.54) is 16.0 Å². The second kappa shape index (κ2) is 4.76. The van der Waals surface area contributed by atoms with Crippen molar-refractivity contribution in [2.24, 2.45) is 5.73 Å². The van der Waals surface area contributed by atoms with Crippen molar-refractivity contribution in [1.29, 1.82) is 0 Å². The van der Waals surface area contributed by atoms with E-state index in [9.17, 15) is 0 Å². The standard InChI is InChI=1S/C13H16N2S/c1-9-4-3-6-15-12(9)8-11(14)13-10(2)5-7-16-13/h3-7,11H,8,14H2,1-2H3. The van der Waals surface area contributed by atoms with E-state index in [1.54, 1.807) is 11.3 Å². The molecular weight excluding hydrogens is 216 g/mol. The third kappa shape index (κ3) is 2.31. The quantitative estimate of drug-likeness (QED) is 0.883. The van der Waals surface area contributed by atoms with Crippen LogP contribution in [-0.2, 0) is 6.42 Å². The summed E-state index contributed by atoms with van der Waals surface area (Å²) in [5.41, 5.74) is 9.81. The van der Waals surface area contributed by atoms with E-state index in [4.69, 9.17) is 5.73 Å². The smallest absolute Gasteiger partial charge is 0.0451 e. The summed E-state index contributed by atoms with van der Waals surface area (Å²) in [6.07, 6.45) is 2.64.